The Bertz CT molecular complexity index is 1230. The van der Waals surface area contributed by atoms with Crippen LogP contribution in [0, 0.1) is 74.0 Å². The van der Waals surface area contributed by atoms with E-state index in [4.69, 9.17) is 28.4 Å². The van der Waals surface area contributed by atoms with Crippen molar-refractivity contribution in [1.29, 1.82) is 0 Å². The molecule has 6 heteroatoms. The normalized spacial score (nSPS) is 27.1. The second kappa shape index (κ2) is 16.9. The molecule has 4 fully saturated rings. The molecule has 0 amide bonds. The molecule has 2 aliphatic carbocycles. The first-order valence-electron chi connectivity index (χ1n) is 15.8. The first-order valence-corrected chi connectivity index (χ1v) is 15.8. The molecule has 2 saturated heterocycles. The lowest BCUT2D eigenvalue weighted by Gasteiger charge is -2.34. The van der Waals surface area contributed by atoms with E-state index < -0.39 is 0 Å². The summed E-state index contributed by atoms with van der Waals surface area (Å²) < 4.78 is 34.5. The minimum absolute atomic E-state index is 0.0524. The van der Waals surface area contributed by atoms with E-state index in [-0.39, 0.29) is 24.8 Å². The van der Waals surface area contributed by atoms with Crippen LogP contribution in [-0.4, -0.2) is 65.4 Å². The molecule has 2 aromatic rings. The van der Waals surface area contributed by atoms with E-state index >= 15 is 0 Å². The summed E-state index contributed by atoms with van der Waals surface area (Å²) in [6.45, 7) is 2.47. The lowest BCUT2D eigenvalue weighted by Crippen LogP contribution is -2.39. The number of ether oxygens (including phenoxy) is 6. The van der Waals surface area contributed by atoms with Gasteiger partial charge < -0.3 is 28.4 Å². The number of hydrogen-bond donors (Lipinski definition) is 0. The predicted octanol–water partition coefficient (Wildman–Crippen LogP) is 6.22. The van der Waals surface area contributed by atoms with Gasteiger partial charge >= 0.3 is 0 Å². The minimum Gasteiger partial charge on any atom is -0.382 e. The number of hydrogen-bond acceptors (Lipinski definition) is 6. The van der Waals surface area contributed by atoms with Gasteiger partial charge in [0.1, 0.15) is 0 Å². The van der Waals surface area contributed by atoms with Gasteiger partial charge in [-0.3, -0.25) is 0 Å². The summed E-state index contributed by atoms with van der Waals surface area (Å²) in [4.78, 5) is 0. The first-order chi connectivity index (χ1) is 22.7. The Labute approximate surface area is 275 Å². The van der Waals surface area contributed by atoms with Crippen LogP contribution >= 0.6 is 0 Å². The molecule has 6 rings (SSSR count). The molecule has 6 nitrogen and oxygen atoms in total. The Balaban J connectivity index is 0.997. The fourth-order valence-corrected chi connectivity index (χ4v) is 5.62. The summed E-state index contributed by atoms with van der Waals surface area (Å²) in [5, 5.41) is 0. The van der Waals surface area contributed by atoms with Gasteiger partial charge in [0.25, 0.3) is 0 Å². The highest BCUT2D eigenvalue weighted by Crippen LogP contribution is 2.41. The maximum absolute atomic E-state index is 6.10. The molecule has 0 N–H and O–H groups in total. The van der Waals surface area contributed by atoms with Gasteiger partial charge in [-0.25, -0.2) is 0 Å². The summed E-state index contributed by atoms with van der Waals surface area (Å²) in [6, 6.07) is 16.5. The average molecular weight is 617 g/mol. The third kappa shape index (κ3) is 8.98. The lowest BCUT2D eigenvalue weighted by molar-refractivity contribution is -0.209. The Kier molecular flexibility index (Phi) is 12.2. The van der Waals surface area contributed by atoms with Gasteiger partial charge in [-0.15, -0.1) is 0 Å². The molecule has 0 bridgehead atoms. The van der Waals surface area contributed by atoms with Crippen molar-refractivity contribution in [3.63, 3.8) is 0 Å². The molecule has 0 spiro atoms. The highest BCUT2D eigenvalue weighted by atomic mass is 16.7. The molecule has 0 aromatic heterocycles. The number of methoxy groups -OCH3 is 2. The van der Waals surface area contributed by atoms with Crippen molar-refractivity contribution in [3.8, 4) is 11.8 Å². The fourth-order valence-electron chi connectivity index (χ4n) is 5.62. The van der Waals surface area contributed by atoms with Crippen molar-refractivity contribution < 1.29 is 28.4 Å². The fraction of sp³-hybridized carbons (Fsp3) is 0.300. The largest absolute Gasteiger partial charge is 0.382 e. The second-order valence-electron chi connectivity index (χ2n) is 11.4. The van der Waals surface area contributed by atoms with E-state index in [1.165, 1.54) is 0 Å². The van der Waals surface area contributed by atoms with Gasteiger partial charge in [0, 0.05) is 49.0 Å². The first kappa shape index (κ1) is 33.2. The zero-order valence-electron chi connectivity index (χ0n) is 26.4. The maximum atomic E-state index is 6.10. The SMILES string of the molecule is COC[C@@H]1CCO[C@H]([C]2[CH][CH][CH][C]2/C=C/c2ccc(C#Cc3ccc(/C=C/[C]4[CH][CH][CH][C]4[C@H]4OCC[C@@H](COC)O4)cc3)cc2)O1. The predicted molar refractivity (Wildman–Crippen MR) is 178 cm³/mol. The van der Waals surface area contributed by atoms with Crippen LogP contribution in [0.4, 0.5) is 0 Å². The van der Waals surface area contributed by atoms with Gasteiger partial charge in [-0.1, -0.05) is 60.4 Å². The van der Waals surface area contributed by atoms with Crippen LogP contribution in [0.2, 0.25) is 0 Å². The summed E-state index contributed by atoms with van der Waals surface area (Å²) in [6.07, 6.45) is 21.8. The zero-order valence-corrected chi connectivity index (χ0v) is 26.4. The van der Waals surface area contributed by atoms with E-state index in [0.717, 1.165) is 58.8 Å². The van der Waals surface area contributed by atoms with E-state index in [9.17, 15) is 0 Å². The van der Waals surface area contributed by atoms with Gasteiger partial charge in [-0.2, -0.15) is 0 Å². The third-order valence-corrected chi connectivity index (χ3v) is 8.12. The van der Waals surface area contributed by atoms with Crippen molar-refractivity contribution in [2.75, 3.05) is 40.6 Å². The molecule has 4 atom stereocenters. The Hall–Kier alpha value is -2.76. The van der Waals surface area contributed by atoms with Crippen LogP contribution in [0.5, 0.6) is 0 Å². The third-order valence-electron chi connectivity index (χ3n) is 8.12. The van der Waals surface area contributed by atoms with Gasteiger partial charge in [0.05, 0.1) is 38.6 Å². The van der Waals surface area contributed by atoms with Crippen molar-refractivity contribution >= 4 is 12.2 Å². The molecule has 2 aliphatic heterocycles. The van der Waals surface area contributed by atoms with Gasteiger partial charge in [0.15, 0.2) is 12.6 Å². The minimum atomic E-state index is -0.370. The summed E-state index contributed by atoms with van der Waals surface area (Å²) in [5.74, 6) is 10.8. The van der Waals surface area contributed by atoms with E-state index in [0.29, 0.717) is 26.4 Å². The smallest absolute Gasteiger partial charge is 0.165 e. The topological polar surface area (TPSA) is 55.4 Å². The van der Waals surface area contributed by atoms with Gasteiger partial charge in [0.2, 0.25) is 0 Å². The average Bonchev–Trinajstić information content (AvgIpc) is 3.77. The molecule has 2 heterocycles. The molecule has 4 aliphatic rings. The standard InChI is InChI=1S/C40H40O6/c1-41-27-35-23-25-43-39(45-35)37-7-3-5-33(37)21-19-31-15-11-29(12-16-31)9-10-30-13-17-32(18-14-30)20-22-34-6-4-8-38(34)40-44-26-24-36(46-40)28-42-2/h3-8,11-22,35-36,39-40H,23-28H2,1-2H3/b21-19+,22-20+/t35-,36-,39-,40-/m0/s1. The van der Waals surface area contributed by atoms with Crippen LogP contribution in [0.15, 0.2) is 60.7 Å². The number of benzene rings is 2. The highest BCUT2D eigenvalue weighted by molar-refractivity contribution is 5.62. The molecular formula is C40H40O6. The van der Waals surface area contributed by atoms with E-state index in [1.807, 2.05) is 37.1 Å². The van der Waals surface area contributed by atoms with E-state index in [2.05, 4.69) is 86.1 Å². The summed E-state index contributed by atoms with van der Waals surface area (Å²) in [7, 11) is 3.39. The lowest BCUT2D eigenvalue weighted by atomic mass is 9.93. The van der Waals surface area contributed by atoms with Crippen LogP contribution in [0.1, 0.15) is 35.1 Å². The molecule has 2 aromatic carbocycles. The molecule has 0 unspecified atom stereocenters. The zero-order chi connectivity index (χ0) is 31.6. The number of allylic oxidation sites excluding steroid dienone is 2. The quantitative estimate of drug-likeness (QED) is 0.296. The van der Waals surface area contributed by atoms with Crippen LogP contribution in [0.25, 0.3) is 12.2 Å². The Morgan fingerprint density at radius 3 is 1.46 bits per heavy atom. The van der Waals surface area contributed by atoms with Crippen molar-refractivity contribution in [2.45, 2.75) is 37.6 Å². The molecule has 236 valence electrons. The Morgan fingerprint density at radius 1 is 0.609 bits per heavy atom. The van der Waals surface area contributed by atoms with Crippen molar-refractivity contribution in [1.82, 2.24) is 0 Å². The monoisotopic (exact) mass is 616 g/mol. The molecule has 2 saturated carbocycles. The molecular weight excluding hydrogens is 576 g/mol. The van der Waals surface area contributed by atoms with Crippen LogP contribution in [-0.2, 0) is 28.4 Å². The number of rotatable bonds is 10. The van der Waals surface area contributed by atoms with Crippen LogP contribution in [0.3, 0.4) is 0 Å². The summed E-state index contributed by atoms with van der Waals surface area (Å²) >= 11 is 0. The molecule has 46 heavy (non-hydrogen) atoms. The van der Waals surface area contributed by atoms with Crippen molar-refractivity contribution in [3.05, 3.63) is 145 Å². The summed E-state index contributed by atoms with van der Waals surface area (Å²) in [5.41, 5.74) is 4.13. The molecule has 10 radical (unpaired) electrons. The van der Waals surface area contributed by atoms with Crippen molar-refractivity contribution in [2.24, 2.45) is 0 Å². The van der Waals surface area contributed by atoms with Crippen LogP contribution < -0.4 is 0 Å². The Morgan fingerprint density at radius 2 is 1.04 bits per heavy atom. The van der Waals surface area contributed by atoms with Gasteiger partial charge in [-0.05, 0) is 86.8 Å². The maximum Gasteiger partial charge on any atom is 0.165 e. The highest BCUT2D eigenvalue weighted by Gasteiger charge is 2.39. The second-order valence-corrected chi connectivity index (χ2v) is 11.4. The van der Waals surface area contributed by atoms with E-state index in [1.54, 1.807) is 14.2 Å².